The molecule has 0 amide bonds. The summed E-state index contributed by atoms with van der Waals surface area (Å²) in [5.74, 6) is 1.82. The lowest BCUT2D eigenvalue weighted by Crippen LogP contribution is -2.49. The van der Waals surface area contributed by atoms with Crippen molar-refractivity contribution < 1.29 is 5.11 Å². The predicted molar refractivity (Wildman–Crippen MR) is 116 cm³/mol. The van der Waals surface area contributed by atoms with Gasteiger partial charge < -0.3 is 15.0 Å². The van der Waals surface area contributed by atoms with Crippen molar-refractivity contribution in [1.29, 1.82) is 0 Å². The van der Waals surface area contributed by atoms with Gasteiger partial charge in [-0.1, -0.05) is 12.1 Å². The van der Waals surface area contributed by atoms with E-state index in [9.17, 15) is 5.11 Å². The molecule has 3 heterocycles. The van der Waals surface area contributed by atoms with Gasteiger partial charge in [0.2, 0.25) is 0 Å². The van der Waals surface area contributed by atoms with E-state index in [0.29, 0.717) is 0 Å². The summed E-state index contributed by atoms with van der Waals surface area (Å²) in [4.78, 5) is 7.17. The second kappa shape index (κ2) is 7.32. The fourth-order valence-corrected chi connectivity index (χ4v) is 4.38. The van der Waals surface area contributed by atoms with E-state index in [0.717, 1.165) is 42.5 Å². The number of pyridine rings is 1. The Morgan fingerprint density at radius 2 is 1.86 bits per heavy atom. The van der Waals surface area contributed by atoms with Crippen LogP contribution < -0.4 is 5.32 Å². The highest BCUT2D eigenvalue weighted by atomic mass is 16.3. The van der Waals surface area contributed by atoms with Gasteiger partial charge in [-0.3, -0.25) is 4.90 Å². The summed E-state index contributed by atoms with van der Waals surface area (Å²) < 4.78 is 2.11. The Bertz CT molecular complexity index is 1050. The third-order valence-corrected chi connectivity index (χ3v) is 6.17. The Morgan fingerprint density at radius 1 is 1.03 bits per heavy atom. The molecule has 3 aromatic rings. The van der Waals surface area contributed by atoms with Crippen molar-refractivity contribution >= 4 is 11.5 Å². The third kappa shape index (κ3) is 3.68. The number of benzene rings is 1. The fourth-order valence-electron chi connectivity index (χ4n) is 4.38. The monoisotopic (exact) mass is 388 g/mol. The molecule has 1 fully saturated rings. The van der Waals surface area contributed by atoms with Gasteiger partial charge in [-0.15, -0.1) is 0 Å². The van der Waals surface area contributed by atoms with Crippen molar-refractivity contribution in [3.63, 3.8) is 0 Å². The number of nitrogens with one attached hydrogen (secondary N) is 1. The first-order chi connectivity index (χ1) is 14.0. The lowest BCUT2D eigenvalue weighted by atomic mass is 10.1. The van der Waals surface area contributed by atoms with Crippen LogP contribution in [-0.2, 0) is 19.4 Å². The molecule has 0 saturated carbocycles. The van der Waals surface area contributed by atoms with Gasteiger partial charge in [0.1, 0.15) is 11.6 Å². The molecule has 0 radical (unpaired) electrons. The van der Waals surface area contributed by atoms with Crippen LogP contribution in [0.15, 0.2) is 42.7 Å². The molecule has 2 aliphatic rings. The summed E-state index contributed by atoms with van der Waals surface area (Å²) in [5.41, 5.74) is 7.73. The molecule has 2 aromatic heterocycles. The minimum Gasteiger partial charge on any atom is -0.390 e. The van der Waals surface area contributed by atoms with Crippen molar-refractivity contribution in [1.82, 2.24) is 14.5 Å². The minimum atomic E-state index is -0.163. The van der Waals surface area contributed by atoms with Crippen LogP contribution in [0.3, 0.4) is 0 Å². The molecular weight excluding hydrogens is 360 g/mol. The van der Waals surface area contributed by atoms with Crippen molar-refractivity contribution in [2.75, 3.05) is 18.4 Å². The lowest BCUT2D eigenvalue weighted by molar-refractivity contribution is -0.00295. The molecule has 29 heavy (non-hydrogen) atoms. The molecule has 0 spiro atoms. The number of likely N-dealkylation sites (tertiary alicyclic amines) is 1. The molecule has 150 valence electrons. The molecule has 1 saturated heterocycles. The minimum absolute atomic E-state index is 0.163. The Balaban J connectivity index is 1.38. The molecule has 0 atom stereocenters. The number of aliphatic hydroxyl groups is 1. The van der Waals surface area contributed by atoms with E-state index in [4.69, 9.17) is 4.98 Å². The molecule has 1 aliphatic heterocycles. The smallest absolute Gasteiger partial charge is 0.139 e. The molecule has 1 aliphatic carbocycles. The first-order valence-corrected chi connectivity index (χ1v) is 10.5. The van der Waals surface area contributed by atoms with Crippen LogP contribution >= 0.6 is 0 Å². The second-order valence-electron chi connectivity index (χ2n) is 8.52. The quantitative estimate of drug-likeness (QED) is 0.696. The largest absolute Gasteiger partial charge is 0.390 e. The van der Waals surface area contributed by atoms with Crippen molar-refractivity contribution in [3.8, 4) is 5.82 Å². The molecule has 5 heteroatoms. The van der Waals surface area contributed by atoms with Gasteiger partial charge in [-0.05, 0) is 79.1 Å². The van der Waals surface area contributed by atoms with E-state index in [1.165, 1.54) is 41.5 Å². The first kappa shape index (κ1) is 18.4. The van der Waals surface area contributed by atoms with Gasteiger partial charge >= 0.3 is 0 Å². The van der Waals surface area contributed by atoms with E-state index in [2.05, 4.69) is 71.4 Å². The Labute approximate surface area is 172 Å². The molecule has 0 bridgehead atoms. The van der Waals surface area contributed by atoms with Crippen molar-refractivity contribution in [3.05, 3.63) is 70.5 Å². The highest BCUT2D eigenvalue weighted by molar-refractivity contribution is 5.62. The number of hydrogen-bond acceptors (Lipinski definition) is 4. The van der Waals surface area contributed by atoms with Gasteiger partial charge in [0.15, 0.2) is 0 Å². The predicted octanol–water partition coefficient (Wildman–Crippen LogP) is 3.90. The number of nitrogens with zero attached hydrogens (tertiary/aromatic N) is 3. The first-order valence-electron chi connectivity index (χ1n) is 10.5. The van der Waals surface area contributed by atoms with Crippen molar-refractivity contribution in [2.45, 2.75) is 45.8 Å². The molecular formula is C24H28N4O. The van der Waals surface area contributed by atoms with Crippen LogP contribution in [0.25, 0.3) is 5.82 Å². The summed E-state index contributed by atoms with van der Waals surface area (Å²) in [6.07, 6.45) is 7.78. The average Bonchev–Trinajstić information content (AvgIpc) is 3.28. The lowest BCUT2D eigenvalue weighted by Gasteiger charge is -2.35. The zero-order valence-corrected chi connectivity index (χ0v) is 17.2. The zero-order valence-electron chi connectivity index (χ0n) is 17.2. The topological polar surface area (TPSA) is 53.3 Å². The summed E-state index contributed by atoms with van der Waals surface area (Å²) in [5, 5.41) is 13.0. The van der Waals surface area contributed by atoms with E-state index in [1.54, 1.807) is 0 Å². The molecule has 2 N–H and O–H groups in total. The normalized spacial score (nSPS) is 16.7. The maximum Gasteiger partial charge on any atom is 0.139 e. The van der Waals surface area contributed by atoms with Gasteiger partial charge in [0.25, 0.3) is 0 Å². The maximum absolute atomic E-state index is 9.51. The summed E-state index contributed by atoms with van der Waals surface area (Å²) in [6, 6.07) is 10.9. The van der Waals surface area contributed by atoms with E-state index >= 15 is 0 Å². The zero-order chi connectivity index (χ0) is 20.0. The molecule has 5 nitrogen and oxygen atoms in total. The Morgan fingerprint density at radius 3 is 2.69 bits per heavy atom. The fraction of sp³-hybridized carbons (Fsp3) is 0.375. The summed E-state index contributed by atoms with van der Waals surface area (Å²) in [7, 11) is 0. The third-order valence-electron chi connectivity index (χ3n) is 6.17. The number of β-amino-alcohol motifs (C(OH)–C–C–N with tert-alkyl or cyclic N) is 1. The number of aliphatic hydroxyl groups excluding tert-OH is 1. The second-order valence-corrected chi connectivity index (χ2v) is 8.52. The van der Waals surface area contributed by atoms with Gasteiger partial charge in [0, 0.05) is 37.7 Å². The van der Waals surface area contributed by atoms with Crippen LogP contribution in [0.4, 0.5) is 11.5 Å². The number of anilines is 2. The van der Waals surface area contributed by atoms with Crippen LogP contribution in [0, 0.1) is 13.8 Å². The average molecular weight is 389 g/mol. The maximum atomic E-state index is 9.51. The highest BCUT2D eigenvalue weighted by Gasteiger charge is 2.24. The standard InChI is InChI=1S/C24H28N4O/c1-16-6-9-23(28-11-17(2)20(13-28)12-27-14-22(29)15-27)26-24(16)25-21-8-7-18-4-3-5-19(18)10-21/h6-11,13,22,29H,3-5,12,14-15H2,1-2H3,(H,25,26). The molecule has 0 unspecified atom stereocenters. The SMILES string of the molecule is Cc1cn(-c2ccc(C)c(Nc3ccc4c(c3)CCC4)n2)cc1CN1CC(O)C1. The number of aromatic nitrogens is 2. The number of fused-ring (bicyclic) bond motifs is 1. The summed E-state index contributed by atoms with van der Waals surface area (Å²) in [6.45, 7) is 6.64. The van der Waals surface area contributed by atoms with Gasteiger partial charge in [-0.2, -0.15) is 0 Å². The van der Waals surface area contributed by atoms with Gasteiger partial charge in [-0.25, -0.2) is 4.98 Å². The van der Waals surface area contributed by atoms with Crippen LogP contribution in [0.5, 0.6) is 0 Å². The van der Waals surface area contributed by atoms with Crippen LogP contribution in [0.2, 0.25) is 0 Å². The summed E-state index contributed by atoms with van der Waals surface area (Å²) >= 11 is 0. The van der Waals surface area contributed by atoms with Gasteiger partial charge in [0.05, 0.1) is 6.10 Å². The molecule has 1 aromatic carbocycles. The van der Waals surface area contributed by atoms with Crippen LogP contribution in [0.1, 0.15) is 34.2 Å². The van der Waals surface area contributed by atoms with E-state index in [1.807, 2.05) is 0 Å². The number of hydrogen-bond donors (Lipinski definition) is 2. The molecule has 5 rings (SSSR count). The number of aryl methyl sites for hydroxylation is 4. The van der Waals surface area contributed by atoms with Crippen molar-refractivity contribution in [2.24, 2.45) is 0 Å². The Hall–Kier alpha value is -2.63. The Kier molecular flexibility index (Phi) is 4.64. The number of rotatable bonds is 5. The van der Waals surface area contributed by atoms with E-state index in [-0.39, 0.29) is 6.10 Å². The van der Waals surface area contributed by atoms with Crippen LogP contribution in [-0.4, -0.2) is 38.8 Å². The van der Waals surface area contributed by atoms with E-state index < -0.39 is 0 Å². The highest BCUT2D eigenvalue weighted by Crippen LogP contribution is 2.28.